The summed E-state index contributed by atoms with van der Waals surface area (Å²) >= 11 is 0. The first-order valence-corrected chi connectivity index (χ1v) is 11.0. The second kappa shape index (κ2) is 8.47. The van der Waals surface area contributed by atoms with E-state index in [1.165, 1.54) is 45.2 Å². The Morgan fingerprint density at radius 2 is 1.84 bits per heavy atom. The lowest BCUT2D eigenvalue weighted by molar-refractivity contribution is 0.236. The van der Waals surface area contributed by atoms with Crippen molar-refractivity contribution in [3.63, 3.8) is 0 Å². The van der Waals surface area contributed by atoms with Gasteiger partial charge in [-0.1, -0.05) is 0 Å². The van der Waals surface area contributed by atoms with Crippen LogP contribution < -0.4 is 19.9 Å². The largest absolute Gasteiger partial charge is 0.493 e. The molecule has 1 aliphatic heterocycles. The van der Waals surface area contributed by atoms with Crippen LogP contribution in [0.15, 0.2) is 42.5 Å². The molecule has 2 N–H and O–H groups in total. The maximum Gasteiger partial charge on any atom is 0.217 e. The Balaban J connectivity index is 1.34. The minimum atomic E-state index is -0.526. The predicted octanol–water partition coefficient (Wildman–Crippen LogP) is 4.72. The molecule has 2 fully saturated rings. The van der Waals surface area contributed by atoms with Gasteiger partial charge >= 0.3 is 0 Å². The van der Waals surface area contributed by atoms with Crippen LogP contribution in [0.2, 0.25) is 0 Å². The van der Waals surface area contributed by atoms with Crippen molar-refractivity contribution in [2.75, 3.05) is 39.6 Å². The number of rotatable bonds is 6. The number of nitrogen functional groups attached to an aromatic ring is 1. The fourth-order valence-corrected chi connectivity index (χ4v) is 5.16. The minimum Gasteiger partial charge on any atom is -0.493 e. The predicted molar refractivity (Wildman–Crippen MR) is 122 cm³/mol. The molecule has 6 nitrogen and oxygen atoms in total. The molecule has 168 valence electrons. The molecule has 0 amide bonds. The van der Waals surface area contributed by atoms with Crippen LogP contribution in [0, 0.1) is 23.6 Å². The van der Waals surface area contributed by atoms with E-state index in [2.05, 4.69) is 16.9 Å². The molecule has 1 saturated carbocycles. The van der Waals surface area contributed by atoms with Crippen molar-refractivity contribution in [2.24, 2.45) is 17.8 Å². The molecule has 5 rings (SSSR count). The lowest BCUT2D eigenvalue weighted by atomic mass is 10.0. The number of fused-ring (bicyclic) bond motifs is 2. The van der Waals surface area contributed by atoms with Crippen molar-refractivity contribution in [3.05, 3.63) is 48.3 Å². The van der Waals surface area contributed by atoms with Gasteiger partial charge in [-0.3, -0.25) is 0 Å². The van der Waals surface area contributed by atoms with Gasteiger partial charge in [0.15, 0.2) is 11.6 Å². The van der Waals surface area contributed by atoms with E-state index < -0.39 is 5.82 Å². The van der Waals surface area contributed by atoms with Crippen LogP contribution in [-0.4, -0.2) is 43.7 Å². The van der Waals surface area contributed by atoms with E-state index >= 15 is 0 Å². The Morgan fingerprint density at radius 1 is 1.06 bits per heavy atom. The topological polar surface area (TPSA) is 69.8 Å². The van der Waals surface area contributed by atoms with Crippen molar-refractivity contribution in [1.29, 1.82) is 0 Å². The summed E-state index contributed by atoms with van der Waals surface area (Å²) < 4.78 is 31.6. The third kappa shape index (κ3) is 4.17. The van der Waals surface area contributed by atoms with Gasteiger partial charge in [-0.05, 0) is 61.9 Å². The van der Waals surface area contributed by atoms with Crippen LogP contribution in [0.4, 0.5) is 10.1 Å². The maximum absolute atomic E-state index is 14.3. The van der Waals surface area contributed by atoms with Crippen molar-refractivity contribution in [3.8, 4) is 23.1 Å². The highest BCUT2D eigenvalue weighted by Crippen LogP contribution is 2.41. The van der Waals surface area contributed by atoms with E-state index in [-0.39, 0.29) is 5.75 Å². The molecule has 0 bridgehead atoms. The Morgan fingerprint density at radius 3 is 2.56 bits per heavy atom. The van der Waals surface area contributed by atoms with E-state index in [0.717, 1.165) is 23.0 Å². The van der Waals surface area contributed by atoms with Gasteiger partial charge in [0.05, 0.1) is 19.2 Å². The van der Waals surface area contributed by atoms with E-state index in [1.54, 1.807) is 12.1 Å². The summed E-state index contributed by atoms with van der Waals surface area (Å²) in [6.45, 7) is 3.13. The summed E-state index contributed by atoms with van der Waals surface area (Å²) in [7, 11) is 3.75. The number of nitrogens with two attached hydrogens (primary N) is 1. The Hall–Kier alpha value is -3.06. The van der Waals surface area contributed by atoms with E-state index in [1.807, 2.05) is 18.2 Å². The van der Waals surface area contributed by atoms with E-state index in [0.29, 0.717) is 35.4 Å². The normalized spacial score (nSPS) is 22.8. The molecule has 0 radical (unpaired) electrons. The molecule has 1 aromatic heterocycles. The van der Waals surface area contributed by atoms with Crippen LogP contribution in [0.5, 0.6) is 23.1 Å². The average molecular weight is 438 g/mol. The fourth-order valence-electron chi connectivity index (χ4n) is 5.16. The Bertz CT molecular complexity index is 1120. The second-order valence-corrected chi connectivity index (χ2v) is 9.02. The number of halogens is 1. The van der Waals surface area contributed by atoms with Crippen LogP contribution in [0.3, 0.4) is 0 Å². The zero-order chi connectivity index (χ0) is 22.2. The lowest BCUT2D eigenvalue weighted by Crippen LogP contribution is -2.18. The molecular formula is C25H28FN3O3. The van der Waals surface area contributed by atoms with Crippen molar-refractivity contribution in [1.82, 2.24) is 9.88 Å². The number of ether oxygens (including phenoxy) is 3. The molecule has 2 heterocycles. The van der Waals surface area contributed by atoms with Gasteiger partial charge in [0, 0.05) is 42.4 Å². The standard InChI is InChI=1S/C25H28FN3O3/c1-29-12-16-7-15(8-17(16)13-29)14-31-19-4-5-20-22(10-19)28-25(30-2)11-24(20)32-23-6-3-18(27)9-21(23)26/h3-6,9-11,15-17H,7-8,12-14,27H2,1-2H3. The quantitative estimate of drug-likeness (QED) is 0.563. The number of anilines is 1. The summed E-state index contributed by atoms with van der Waals surface area (Å²) in [5.41, 5.74) is 6.64. The molecule has 1 saturated heterocycles. The molecule has 32 heavy (non-hydrogen) atoms. The average Bonchev–Trinajstić information content (AvgIpc) is 3.30. The molecule has 1 aliphatic carbocycles. The maximum atomic E-state index is 14.3. The minimum absolute atomic E-state index is 0.0894. The SMILES string of the molecule is COc1cc(Oc2ccc(N)cc2F)c2ccc(OCC3CC4CN(C)CC4C3)cc2n1. The van der Waals surface area contributed by atoms with E-state index in [9.17, 15) is 4.39 Å². The van der Waals surface area contributed by atoms with Crippen molar-refractivity contribution < 1.29 is 18.6 Å². The summed E-state index contributed by atoms with van der Waals surface area (Å²) in [5, 5.41) is 0.743. The highest BCUT2D eigenvalue weighted by atomic mass is 19.1. The van der Waals surface area contributed by atoms with Crippen LogP contribution in [0.1, 0.15) is 12.8 Å². The zero-order valence-corrected chi connectivity index (χ0v) is 18.4. The summed E-state index contributed by atoms with van der Waals surface area (Å²) in [4.78, 5) is 6.96. The van der Waals surface area contributed by atoms with Gasteiger partial charge in [-0.25, -0.2) is 9.37 Å². The number of pyridine rings is 1. The van der Waals surface area contributed by atoms with Gasteiger partial charge in [-0.2, -0.15) is 0 Å². The fraction of sp³-hybridized carbons (Fsp3) is 0.400. The number of methoxy groups -OCH3 is 1. The molecule has 2 atom stereocenters. The first kappa shape index (κ1) is 20.8. The summed E-state index contributed by atoms with van der Waals surface area (Å²) in [5.74, 6) is 3.38. The van der Waals surface area contributed by atoms with Crippen LogP contribution >= 0.6 is 0 Å². The summed E-state index contributed by atoms with van der Waals surface area (Å²) in [6.07, 6.45) is 2.47. The number of hydrogen-bond donors (Lipinski definition) is 1. The summed E-state index contributed by atoms with van der Waals surface area (Å²) in [6, 6.07) is 11.7. The smallest absolute Gasteiger partial charge is 0.217 e. The molecule has 7 heteroatoms. The van der Waals surface area contributed by atoms with Gasteiger partial charge in [0.2, 0.25) is 5.88 Å². The molecule has 2 unspecified atom stereocenters. The van der Waals surface area contributed by atoms with Gasteiger partial charge in [-0.15, -0.1) is 0 Å². The molecule has 2 aliphatic rings. The third-order valence-electron chi connectivity index (χ3n) is 6.62. The molecule has 3 aromatic rings. The Kier molecular flexibility index (Phi) is 5.51. The van der Waals surface area contributed by atoms with Crippen molar-refractivity contribution in [2.45, 2.75) is 12.8 Å². The third-order valence-corrected chi connectivity index (χ3v) is 6.62. The molecule has 2 aromatic carbocycles. The second-order valence-electron chi connectivity index (χ2n) is 9.02. The highest BCUT2D eigenvalue weighted by molar-refractivity contribution is 5.87. The van der Waals surface area contributed by atoms with Crippen molar-refractivity contribution >= 4 is 16.6 Å². The van der Waals surface area contributed by atoms with Gasteiger partial charge < -0.3 is 24.8 Å². The molecule has 0 spiro atoms. The Labute approximate surface area is 187 Å². The monoisotopic (exact) mass is 437 g/mol. The number of nitrogens with zero attached hydrogens (tertiary/aromatic N) is 2. The highest BCUT2D eigenvalue weighted by Gasteiger charge is 2.39. The van der Waals surface area contributed by atoms with Crippen LogP contribution in [0.25, 0.3) is 10.9 Å². The first-order valence-electron chi connectivity index (χ1n) is 11.0. The number of hydrogen-bond acceptors (Lipinski definition) is 6. The zero-order valence-electron chi connectivity index (χ0n) is 18.4. The number of aromatic nitrogens is 1. The first-order chi connectivity index (χ1) is 15.5. The number of likely N-dealkylation sites (tertiary alicyclic amines) is 1. The molecular weight excluding hydrogens is 409 g/mol. The van der Waals surface area contributed by atoms with Gasteiger partial charge in [0.1, 0.15) is 11.5 Å². The van der Waals surface area contributed by atoms with Gasteiger partial charge in [0.25, 0.3) is 0 Å². The van der Waals surface area contributed by atoms with E-state index in [4.69, 9.17) is 19.9 Å². The number of benzene rings is 2. The lowest BCUT2D eigenvalue weighted by Gasteiger charge is -2.16. The van der Waals surface area contributed by atoms with Crippen LogP contribution in [-0.2, 0) is 0 Å².